The normalized spacial score (nSPS) is 18.1. The van der Waals surface area contributed by atoms with Crippen LogP contribution in [0.25, 0.3) is 0 Å². The van der Waals surface area contributed by atoms with E-state index in [9.17, 15) is 0 Å². The maximum atomic E-state index is 4.70. The fraction of sp³-hybridized carbons (Fsp3) is 0.750. The molecule has 0 aromatic rings. The standard InChI is InChI=1S/C48H85N/c1-6-8-10-12-14-16-18-20-22-24-26-28-30-32-34-36-38-46(44-45(3)47-40-42-48(43-41-47)49(4)5)39-37-35-33-31-29-27-25-23-21-19-17-15-13-11-9-7-2/h8,10,14-17,20-23,46-48H,3,6-7,9,11-13,18-19,24-44H2,1-2,4-5H3/b10-8-,16-14-,17-15-,22-20-,23-21-. The molecule has 1 aliphatic rings. The molecule has 1 nitrogen and oxygen atoms in total. The van der Waals surface area contributed by atoms with Gasteiger partial charge in [0, 0.05) is 6.04 Å². The van der Waals surface area contributed by atoms with E-state index in [0.29, 0.717) is 0 Å². The quantitative estimate of drug-likeness (QED) is 0.0494. The fourth-order valence-corrected chi connectivity index (χ4v) is 7.54. The molecule has 1 aliphatic carbocycles. The van der Waals surface area contributed by atoms with E-state index in [1.54, 1.807) is 5.57 Å². The average molecular weight is 676 g/mol. The molecule has 0 spiro atoms. The van der Waals surface area contributed by atoms with Gasteiger partial charge in [-0.25, -0.2) is 0 Å². The van der Waals surface area contributed by atoms with Gasteiger partial charge in [0.2, 0.25) is 0 Å². The van der Waals surface area contributed by atoms with Crippen LogP contribution in [0.15, 0.2) is 72.9 Å². The highest BCUT2D eigenvalue weighted by molar-refractivity contribution is 5.04. The van der Waals surface area contributed by atoms with Gasteiger partial charge in [0.15, 0.2) is 0 Å². The third-order valence-electron chi connectivity index (χ3n) is 10.9. The lowest BCUT2D eigenvalue weighted by Crippen LogP contribution is -2.32. The Balaban J connectivity index is 2.24. The summed E-state index contributed by atoms with van der Waals surface area (Å²) in [4.78, 5) is 2.44. The molecule has 0 saturated heterocycles. The molecule has 1 saturated carbocycles. The first kappa shape index (κ1) is 45.4. The second-order valence-corrected chi connectivity index (χ2v) is 15.6. The van der Waals surface area contributed by atoms with E-state index >= 15 is 0 Å². The number of hydrogen-bond acceptors (Lipinski definition) is 1. The van der Waals surface area contributed by atoms with Gasteiger partial charge in [0.1, 0.15) is 0 Å². The van der Waals surface area contributed by atoms with Gasteiger partial charge < -0.3 is 4.90 Å². The highest BCUT2D eigenvalue weighted by Gasteiger charge is 2.25. The van der Waals surface area contributed by atoms with Crippen LogP contribution in [-0.2, 0) is 0 Å². The lowest BCUT2D eigenvalue weighted by molar-refractivity contribution is 0.202. The van der Waals surface area contributed by atoms with Crippen molar-refractivity contribution in [2.24, 2.45) is 11.8 Å². The Morgan fingerprint density at radius 3 is 1.39 bits per heavy atom. The predicted octanol–water partition coefficient (Wildman–Crippen LogP) is 15.9. The summed E-state index contributed by atoms with van der Waals surface area (Å²) in [5, 5.41) is 0. The van der Waals surface area contributed by atoms with Gasteiger partial charge in [-0.05, 0) is 122 Å². The van der Waals surface area contributed by atoms with Crippen LogP contribution in [-0.4, -0.2) is 25.0 Å². The van der Waals surface area contributed by atoms with Crippen LogP contribution >= 0.6 is 0 Å². The van der Waals surface area contributed by atoms with E-state index in [1.165, 1.54) is 161 Å². The molecule has 282 valence electrons. The molecule has 0 aromatic heterocycles. The molecule has 0 heterocycles. The van der Waals surface area contributed by atoms with Gasteiger partial charge in [-0.3, -0.25) is 0 Å². The van der Waals surface area contributed by atoms with Crippen LogP contribution in [0.3, 0.4) is 0 Å². The molecule has 0 amide bonds. The molecule has 1 fully saturated rings. The molecule has 49 heavy (non-hydrogen) atoms. The third-order valence-corrected chi connectivity index (χ3v) is 10.9. The molecular formula is C48H85N. The van der Waals surface area contributed by atoms with E-state index in [2.05, 4.69) is 93.6 Å². The summed E-state index contributed by atoms with van der Waals surface area (Å²) in [6.45, 7) is 9.17. The maximum absolute atomic E-state index is 4.70. The van der Waals surface area contributed by atoms with Crippen molar-refractivity contribution < 1.29 is 0 Å². The summed E-state index contributed by atoms with van der Waals surface area (Å²) in [6.07, 6.45) is 62.0. The second kappa shape index (κ2) is 34.8. The zero-order valence-corrected chi connectivity index (χ0v) is 33.7. The molecular weight excluding hydrogens is 591 g/mol. The van der Waals surface area contributed by atoms with Crippen molar-refractivity contribution in [2.75, 3.05) is 14.1 Å². The van der Waals surface area contributed by atoms with E-state index < -0.39 is 0 Å². The zero-order chi connectivity index (χ0) is 35.5. The van der Waals surface area contributed by atoms with Gasteiger partial charge in [-0.2, -0.15) is 0 Å². The van der Waals surface area contributed by atoms with Crippen LogP contribution in [0.2, 0.25) is 0 Å². The fourth-order valence-electron chi connectivity index (χ4n) is 7.54. The van der Waals surface area contributed by atoms with Crippen LogP contribution < -0.4 is 0 Å². The van der Waals surface area contributed by atoms with Crippen molar-refractivity contribution in [1.82, 2.24) is 4.90 Å². The van der Waals surface area contributed by atoms with E-state index in [4.69, 9.17) is 6.58 Å². The summed E-state index contributed by atoms with van der Waals surface area (Å²) in [5.74, 6) is 1.65. The molecule has 0 aromatic carbocycles. The van der Waals surface area contributed by atoms with Crippen LogP contribution in [0.5, 0.6) is 0 Å². The van der Waals surface area contributed by atoms with Crippen LogP contribution in [0.4, 0.5) is 0 Å². The molecule has 1 atom stereocenters. The Hall–Kier alpha value is -1.60. The minimum Gasteiger partial charge on any atom is -0.306 e. The Labute approximate surface area is 309 Å². The number of rotatable bonds is 33. The lowest BCUT2D eigenvalue weighted by Gasteiger charge is -2.34. The largest absolute Gasteiger partial charge is 0.306 e. The summed E-state index contributed by atoms with van der Waals surface area (Å²) >= 11 is 0. The SMILES string of the molecule is C=C(CC(CCCCCCCC/C=C\C/C=C\C/C=C\CC)CCCCCCCC/C=C\C/C=C\CCCCC)C1CCC(N(C)C)CC1. The minimum atomic E-state index is 0.780. The maximum Gasteiger partial charge on any atom is 0.00895 e. The molecule has 0 N–H and O–H groups in total. The van der Waals surface area contributed by atoms with Crippen molar-refractivity contribution in [3.63, 3.8) is 0 Å². The highest BCUT2D eigenvalue weighted by atomic mass is 15.1. The van der Waals surface area contributed by atoms with Gasteiger partial charge in [-0.15, -0.1) is 0 Å². The Morgan fingerprint density at radius 1 is 0.531 bits per heavy atom. The second-order valence-electron chi connectivity index (χ2n) is 15.6. The van der Waals surface area contributed by atoms with Crippen molar-refractivity contribution >= 4 is 0 Å². The molecule has 0 radical (unpaired) electrons. The first-order chi connectivity index (χ1) is 24.1. The van der Waals surface area contributed by atoms with Crippen molar-refractivity contribution in [3.05, 3.63) is 72.9 Å². The number of unbranched alkanes of at least 4 members (excludes halogenated alkanes) is 15. The molecule has 1 rings (SSSR count). The van der Waals surface area contributed by atoms with E-state index in [-0.39, 0.29) is 0 Å². The third kappa shape index (κ3) is 28.8. The Kier molecular flexibility index (Phi) is 32.3. The smallest absolute Gasteiger partial charge is 0.00895 e. The summed E-state index contributed by atoms with van der Waals surface area (Å²) in [5.41, 5.74) is 1.60. The minimum absolute atomic E-state index is 0.780. The summed E-state index contributed by atoms with van der Waals surface area (Å²) in [7, 11) is 4.52. The lowest BCUT2D eigenvalue weighted by atomic mass is 9.77. The van der Waals surface area contributed by atoms with Gasteiger partial charge >= 0.3 is 0 Å². The van der Waals surface area contributed by atoms with Crippen molar-refractivity contribution in [1.29, 1.82) is 0 Å². The van der Waals surface area contributed by atoms with Crippen LogP contribution in [0.1, 0.15) is 200 Å². The number of hydrogen-bond donors (Lipinski definition) is 0. The Bertz CT molecular complexity index is 862. The first-order valence-electron chi connectivity index (χ1n) is 21.7. The zero-order valence-electron chi connectivity index (χ0n) is 33.7. The van der Waals surface area contributed by atoms with Crippen LogP contribution in [0, 0.1) is 11.8 Å². The Morgan fingerprint density at radius 2 is 0.939 bits per heavy atom. The van der Waals surface area contributed by atoms with Crippen molar-refractivity contribution in [3.8, 4) is 0 Å². The summed E-state index contributed by atoms with van der Waals surface area (Å²) < 4.78 is 0. The van der Waals surface area contributed by atoms with E-state index in [1.807, 2.05) is 0 Å². The van der Waals surface area contributed by atoms with Gasteiger partial charge in [-0.1, -0.05) is 177 Å². The predicted molar refractivity (Wildman–Crippen MR) is 225 cm³/mol. The topological polar surface area (TPSA) is 3.24 Å². The highest BCUT2D eigenvalue weighted by Crippen LogP contribution is 2.35. The molecule has 1 unspecified atom stereocenters. The number of allylic oxidation sites excluding steroid dienone is 11. The van der Waals surface area contributed by atoms with Gasteiger partial charge in [0.25, 0.3) is 0 Å². The first-order valence-corrected chi connectivity index (χ1v) is 21.7. The monoisotopic (exact) mass is 676 g/mol. The van der Waals surface area contributed by atoms with E-state index in [0.717, 1.165) is 43.6 Å². The number of nitrogens with zero attached hydrogens (tertiary/aromatic N) is 1. The van der Waals surface area contributed by atoms with Crippen molar-refractivity contribution in [2.45, 2.75) is 206 Å². The molecule has 1 heteroatoms. The molecule has 0 bridgehead atoms. The average Bonchev–Trinajstić information content (AvgIpc) is 3.11. The van der Waals surface area contributed by atoms with Gasteiger partial charge in [0.05, 0.1) is 0 Å². The molecule has 0 aliphatic heterocycles. The summed E-state index contributed by atoms with van der Waals surface area (Å²) in [6, 6.07) is 0.786.